The lowest BCUT2D eigenvalue weighted by Crippen LogP contribution is -2.33. The van der Waals surface area contributed by atoms with E-state index in [-0.39, 0.29) is 11.7 Å². The second-order valence-electron chi connectivity index (χ2n) is 8.18. The number of nitrogens with zero attached hydrogens (tertiary/aromatic N) is 1. The number of hydrogen-bond donors (Lipinski definition) is 0. The molecule has 0 spiro atoms. The van der Waals surface area contributed by atoms with Gasteiger partial charge in [-0.3, -0.25) is 0 Å². The second-order valence-corrected chi connectivity index (χ2v) is 8.18. The van der Waals surface area contributed by atoms with Gasteiger partial charge in [-0.15, -0.1) is 13.2 Å². The molecule has 1 aromatic rings. The summed E-state index contributed by atoms with van der Waals surface area (Å²) in [7, 11) is 0. The van der Waals surface area contributed by atoms with E-state index in [4.69, 9.17) is 0 Å². The van der Waals surface area contributed by atoms with E-state index in [2.05, 4.69) is 23.5 Å². The summed E-state index contributed by atoms with van der Waals surface area (Å²) in [5, 5.41) is 0. The molecule has 26 heavy (non-hydrogen) atoms. The fraction of sp³-hybridized carbons (Fsp3) is 0.714. The summed E-state index contributed by atoms with van der Waals surface area (Å²) >= 11 is 0. The predicted octanol–water partition coefficient (Wildman–Crippen LogP) is 6.75. The number of halogens is 3. The number of alkyl halides is 3. The highest BCUT2D eigenvalue weighted by molar-refractivity contribution is 5.55. The Balaban J connectivity index is 2.00. The summed E-state index contributed by atoms with van der Waals surface area (Å²) in [5.74, 6) is 1.41. The molecule has 5 heteroatoms. The van der Waals surface area contributed by atoms with Crippen LogP contribution in [-0.4, -0.2) is 19.5 Å². The van der Waals surface area contributed by atoms with Crippen molar-refractivity contribution in [3.8, 4) is 5.75 Å². The lowest BCUT2D eigenvalue weighted by Gasteiger charge is -2.34. The molecule has 0 N–H and O–H groups in total. The van der Waals surface area contributed by atoms with Crippen LogP contribution < -0.4 is 9.64 Å². The van der Waals surface area contributed by atoms with Crippen LogP contribution in [0.1, 0.15) is 71.3 Å². The first-order valence-corrected chi connectivity index (χ1v) is 9.80. The highest BCUT2D eigenvalue weighted by Gasteiger charge is 2.33. The van der Waals surface area contributed by atoms with Crippen LogP contribution in [0.5, 0.6) is 5.75 Å². The molecule has 1 saturated heterocycles. The number of ether oxygens (including phenoxy) is 1. The van der Waals surface area contributed by atoms with Gasteiger partial charge in [0, 0.05) is 24.8 Å². The summed E-state index contributed by atoms with van der Waals surface area (Å²) in [6.07, 6.45) is 1.37. The normalized spacial score (nSPS) is 16.6. The van der Waals surface area contributed by atoms with Gasteiger partial charge in [-0.25, -0.2) is 0 Å². The number of hydrogen-bond acceptors (Lipinski definition) is 2. The quantitative estimate of drug-likeness (QED) is 0.525. The average Bonchev–Trinajstić information content (AvgIpc) is 2.53. The van der Waals surface area contributed by atoms with Gasteiger partial charge in [0.1, 0.15) is 5.75 Å². The van der Waals surface area contributed by atoms with E-state index in [1.807, 2.05) is 19.9 Å². The van der Waals surface area contributed by atoms with Gasteiger partial charge >= 0.3 is 6.36 Å². The Morgan fingerprint density at radius 3 is 2.31 bits per heavy atom. The van der Waals surface area contributed by atoms with Crippen molar-refractivity contribution in [1.82, 2.24) is 0 Å². The molecular formula is C21H32F3NO. The van der Waals surface area contributed by atoms with Gasteiger partial charge in [-0.1, -0.05) is 53.0 Å². The van der Waals surface area contributed by atoms with E-state index < -0.39 is 6.36 Å². The molecule has 1 fully saturated rings. The first kappa shape index (κ1) is 20.9. The van der Waals surface area contributed by atoms with E-state index in [9.17, 15) is 13.2 Å². The van der Waals surface area contributed by atoms with E-state index in [1.165, 1.54) is 19.3 Å². The Bertz CT molecular complexity index is 561. The zero-order valence-corrected chi connectivity index (χ0v) is 16.4. The Morgan fingerprint density at radius 2 is 1.77 bits per heavy atom. The van der Waals surface area contributed by atoms with Crippen LogP contribution in [0.15, 0.2) is 18.2 Å². The van der Waals surface area contributed by atoms with Gasteiger partial charge in [0.15, 0.2) is 0 Å². The zero-order valence-electron chi connectivity index (χ0n) is 16.4. The van der Waals surface area contributed by atoms with Crippen molar-refractivity contribution in [1.29, 1.82) is 0 Å². The molecule has 0 aliphatic carbocycles. The monoisotopic (exact) mass is 371 g/mol. The molecule has 0 saturated carbocycles. The number of rotatable bonds is 7. The van der Waals surface area contributed by atoms with Gasteiger partial charge in [0.2, 0.25) is 0 Å². The van der Waals surface area contributed by atoms with Crippen LogP contribution in [0.4, 0.5) is 18.9 Å². The summed E-state index contributed by atoms with van der Waals surface area (Å²) < 4.78 is 42.5. The highest BCUT2D eigenvalue weighted by Crippen LogP contribution is 2.36. The third-order valence-corrected chi connectivity index (χ3v) is 5.22. The van der Waals surface area contributed by atoms with E-state index in [0.717, 1.165) is 43.5 Å². The molecule has 0 aromatic heterocycles. The summed E-state index contributed by atoms with van der Waals surface area (Å²) in [6.45, 7) is 10.1. The lowest BCUT2D eigenvalue weighted by molar-refractivity contribution is -0.274. The van der Waals surface area contributed by atoms with Crippen LogP contribution in [-0.2, 0) is 0 Å². The van der Waals surface area contributed by atoms with Gasteiger partial charge in [0.25, 0.3) is 0 Å². The standard InChI is InChI=1S/C21H32F3NO/c1-15(2)6-5-7-17-10-12-25(13-11-17)18-8-9-19(16(3)4)20(14-18)26-21(22,23)24/h8-9,14-17H,5-7,10-13H2,1-4H3. The SMILES string of the molecule is CC(C)CCCC1CCN(c2ccc(C(C)C)c(OC(F)(F)F)c2)CC1. The van der Waals surface area contributed by atoms with Gasteiger partial charge in [0.05, 0.1) is 0 Å². The summed E-state index contributed by atoms with van der Waals surface area (Å²) in [6, 6.07) is 5.26. The molecular weight excluding hydrogens is 339 g/mol. The molecule has 0 unspecified atom stereocenters. The first-order valence-electron chi connectivity index (χ1n) is 9.80. The molecule has 1 aromatic carbocycles. The number of benzene rings is 1. The second kappa shape index (κ2) is 9.01. The minimum absolute atomic E-state index is 0.0203. The van der Waals surface area contributed by atoms with Crippen molar-refractivity contribution in [3.63, 3.8) is 0 Å². The fourth-order valence-corrected chi connectivity index (χ4v) is 3.70. The molecule has 148 valence electrons. The Kier molecular flexibility index (Phi) is 7.24. The van der Waals surface area contributed by atoms with Gasteiger partial charge in [-0.2, -0.15) is 0 Å². The largest absolute Gasteiger partial charge is 0.573 e. The first-order chi connectivity index (χ1) is 12.2. The van der Waals surface area contributed by atoms with Crippen molar-refractivity contribution in [3.05, 3.63) is 23.8 Å². The maximum atomic E-state index is 12.7. The van der Waals surface area contributed by atoms with Gasteiger partial charge < -0.3 is 9.64 Å². The molecule has 0 amide bonds. The van der Waals surface area contributed by atoms with Crippen molar-refractivity contribution in [2.45, 2.75) is 72.1 Å². The molecule has 1 heterocycles. The lowest BCUT2D eigenvalue weighted by atomic mass is 9.90. The fourth-order valence-electron chi connectivity index (χ4n) is 3.70. The highest BCUT2D eigenvalue weighted by atomic mass is 19.4. The number of anilines is 1. The maximum Gasteiger partial charge on any atom is 0.573 e. The van der Waals surface area contributed by atoms with Crippen LogP contribution >= 0.6 is 0 Å². The van der Waals surface area contributed by atoms with E-state index in [0.29, 0.717) is 5.56 Å². The minimum Gasteiger partial charge on any atom is -0.405 e. The molecule has 0 radical (unpaired) electrons. The van der Waals surface area contributed by atoms with Crippen molar-refractivity contribution < 1.29 is 17.9 Å². The molecule has 2 rings (SSSR count). The van der Waals surface area contributed by atoms with E-state index in [1.54, 1.807) is 12.1 Å². The van der Waals surface area contributed by atoms with Crippen LogP contribution in [0.25, 0.3) is 0 Å². The molecule has 1 aliphatic rings. The predicted molar refractivity (Wildman–Crippen MR) is 101 cm³/mol. The van der Waals surface area contributed by atoms with Crippen LogP contribution in [0, 0.1) is 11.8 Å². The topological polar surface area (TPSA) is 12.5 Å². The Labute approximate surface area is 155 Å². The Hall–Kier alpha value is -1.39. The van der Waals surface area contributed by atoms with Crippen molar-refractivity contribution in [2.24, 2.45) is 11.8 Å². The molecule has 0 bridgehead atoms. The van der Waals surface area contributed by atoms with Gasteiger partial charge in [-0.05, 0) is 42.2 Å². The molecule has 0 atom stereocenters. The third kappa shape index (κ3) is 6.40. The average molecular weight is 371 g/mol. The van der Waals surface area contributed by atoms with Crippen LogP contribution in [0.3, 0.4) is 0 Å². The zero-order chi connectivity index (χ0) is 19.3. The van der Waals surface area contributed by atoms with E-state index >= 15 is 0 Å². The van der Waals surface area contributed by atoms with Crippen LogP contribution in [0.2, 0.25) is 0 Å². The smallest absolute Gasteiger partial charge is 0.405 e. The summed E-state index contributed by atoms with van der Waals surface area (Å²) in [4.78, 5) is 2.19. The van der Waals surface area contributed by atoms with Crippen molar-refractivity contribution >= 4 is 5.69 Å². The minimum atomic E-state index is -4.66. The maximum absolute atomic E-state index is 12.7. The summed E-state index contributed by atoms with van der Waals surface area (Å²) in [5.41, 5.74) is 1.42. The molecule has 1 aliphatic heterocycles. The number of piperidine rings is 1. The van der Waals surface area contributed by atoms with Crippen molar-refractivity contribution in [2.75, 3.05) is 18.0 Å². The Morgan fingerprint density at radius 1 is 1.12 bits per heavy atom. The molecule has 2 nitrogen and oxygen atoms in total. The third-order valence-electron chi connectivity index (χ3n) is 5.22.